The van der Waals surface area contributed by atoms with Crippen LogP contribution in [0.1, 0.15) is 5.56 Å². The second-order valence-corrected chi connectivity index (χ2v) is 5.09. The van der Waals surface area contributed by atoms with Crippen molar-refractivity contribution in [2.75, 3.05) is 5.32 Å². The monoisotopic (exact) mass is 273 g/mol. The maximum absolute atomic E-state index is 4.54. The number of aromatic nitrogens is 2. The van der Waals surface area contributed by atoms with E-state index in [4.69, 9.17) is 0 Å². The highest BCUT2D eigenvalue weighted by atomic mass is 15.1. The van der Waals surface area contributed by atoms with Crippen molar-refractivity contribution in [1.29, 1.82) is 0 Å². The molecule has 21 heavy (non-hydrogen) atoms. The summed E-state index contributed by atoms with van der Waals surface area (Å²) in [4.78, 5) is 7.83. The first-order chi connectivity index (χ1) is 10.4. The van der Waals surface area contributed by atoms with Gasteiger partial charge in [0.1, 0.15) is 0 Å². The molecular formula is C18H15N3. The van der Waals surface area contributed by atoms with Crippen molar-refractivity contribution >= 4 is 27.8 Å². The number of hydrogen-bond donors (Lipinski definition) is 2. The highest BCUT2D eigenvalue weighted by molar-refractivity contribution is 5.86. The molecule has 0 unspecified atom stereocenters. The summed E-state index contributed by atoms with van der Waals surface area (Å²) in [6.45, 7) is 0.751. The molecule has 0 aliphatic rings. The van der Waals surface area contributed by atoms with Crippen molar-refractivity contribution in [2.24, 2.45) is 0 Å². The number of benzene rings is 3. The highest BCUT2D eigenvalue weighted by Crippen LogP contribution is 2.20. The fraction of sp³-hybridized carbons (Fsp3) is 0.0556. The van der Waals surface area contributed by atoms with Gasteiger partial charge in [-0.05, 0) is 28.5 Å². The lowest BCUT2D eigenvalue weighted by atomic mass is 10.0. The van der Waals surface area contributed by atoms with Crippen LogP contribution in [-0.2, 0) is 6.54 Å². The van der Waals surface area contributed by atoms with Gasteiger partial charge in [-0.1, -0.05) is 54.6 Å². The molecular weight excluding hydrogens is 258 g/mol. The molecule has 0 atom stereocenters. The van der Waals surface area contributed by atoms with Gasteiger partial charge >= 0.3 is 0 Å². The van der Waals surface area contributed by atoms with Crippen LogP contribution in [0, 0.1) is 0 Å². The van der Waals surface area contributed by atoms with E-state index in [-0.39, 0.29) is 0 Å². The van der Waals surface area contributed by atoms with E-state index in [9.17, 15) is 0 Å². The predicted octanol–water partition coefficient (Wildman–Crippen LogP) is 4.33. The second-order valence-electron chi connectivity index (χ2n) is 5.09. The molecule has 0 aliphatic carbocycles. The van der Waals surface area contributed by atoms with Crippen LogP contribution in [0.5, 0.6) is 0 Å². The molecule has 3 nitrogen and oxygen atoms in total. The molecule has 102 valence electrons. The van der Waals surface area contributed by atoms with Gasteiger partial charge in [-0.15, -0.1) is 0 Å². The maximum Gasteiger partial charge on any atom is 0.201 e. The normalized spacial score (nSPS) is 11.0. The van der Waals surface area contributed by atoms with Crippen LogP contribution in [0.3, 0.4) is 0 Å². The van der Waals surface area contributed by atoms with Crippen LogP contribution >= 0.6 is 0 Å². The Bertz CT molecular complexity index is 870. The van der Waals surface area contributed by atoms with Crippen molar-refractivity contribution in [3.63, 3.8) is 0 Å². The highest BCUT2D eigenvalue weighted by Gasteiger charge is 2.03. The van der Waals surface area contributed by atoms with Gasteiger partial charge in [0.25, 0.3) is 0 Å². The zero-order chi connectivity index (χ0) is 14.1. The Morgan fingerprint density at radius 3 is 2.62 bits per heavy atom. The van der Waals surface area contributed by atoms with Gasteiger partial charge in [0, 0.05) is 6.54 Å². The number of rotatable bonds is 3. The molecule has 0 saturated carbocycles. The summed E-state index contributed by atoms with van der Waals surface area (Å²) >= 11 is 0. The Morgan fingerprint density at radius 1 is 0.857 bits per heavy atom. The van der Waals surface area contributed by atoms with Crippen molar-refractivity contribution in [3.8, 4) is 0 Å². The zero-order valence-electron chi connectivity index (χ0n) is 11.5. The summed E-state index contributed by atoms with van der Waals surface area (Å²) in [5, 5.41) is 5.92. The summed E-state index contributed by atoms with van der Waals surface area (Å²) in [5.41, 5.74) is 3.31. The van der Waals surface area contributed by atoms with Gasteiger partial charge in [-0.3, -0.25) is 0 Å². The summed E-state index contributed by atoms with van der Waals surface area (Å²) in [6.07, 6.45) is 0. The zero-order valence-corrected chi connectivity index (χ0v) is 11.5. The smallest absolute Gasteiger partial charge is 0.201 e. The standard InChI is InChI=1S/C18H15N3/c1-2-9-15-13(6-1)7-5-8-14(15)12-19-18-20-16-10-3-4-11-17(16)21-18/h1-11H,12H2,(H2,19,20,21). The van der Waals surface area contributed by atoms with Crippen LogP contribution in [-0.4, -0.2) is 9.97 Å². The lowest BCUT2D eigenvalue weighted by molar-refractivity contribution is 1.11. The van der Waals surface area contributed by atoms with Crippen molar-refractivity contribution in [2.45, 2.75) is 6.54 Å². The molecule has 4 rings (SSSR count). The minimum atomic E-state index is 0.751. The van der Waals surface area contributed by atoms with Crippen molar-refractivity contribution in [1.82, 2.24) is 9.97 Å². The van der Waals surface area contributed by atoms with Gasteiger partial charge in [0.05, 0.1) is 11.0 Å². The largest absolute Gasteiger partial charge is 0.352 e. The molecule has 0 bridgehead atoms. The van der Waals surface area contributed by atoms with Crippen molar-refractivity contribution < 1.29 is 0 Å². The number of imidazole rings is 1. The van der Waals surface area contributed by atoms with Gasteiger partial charge in [0.2, 0.25) is 5.95 Å². The summed E-state index contributed by atoms with van der Waals surface area (Å²) in [5.74, 6) is 0.809. The van der Waals surface area contributed by atoms with E-state index in [1.54, 1.807) is 0 Å². The van der Waals surface area contributed by atoms with E-state index in [1.165, 1.54) is 16.3 Å². The summed E-state index contributed by atoms with van der Waals surface area (Å²) < 4.78 is 0. The van der Waals surface area contributed by atoms with E-state index in [2.05, 4.69) is 57.7 Å². The molecule has 1 heterocycles. The number of H-pyrrole nitrogens is 1. The molecule has 0 amide bonds. The number of aromatic amines is 1. The van der Waals surface area contributed by atoms with Crippen molar-refractivity contribution in [3.05, 3.63) is 72.3 Å². The molecule has 2 N–H and O–H groups in total. The molecule has 3 heteroatoms. The minimum absolute atomic E-state index is 0.751. The Labute approximate surface area is 122 Å². The minimum Gasteiger partial charge on any atom is -0.352 e. The Kier molecular flexibility index (Phi) is 2.82. The van der Waals surface area contributed by atoms with Gasteiger partial charge in [-0.2, -0.15) is 0 Å². The third kappa shape index (κ3) is 2.23. The Morgan fingerprint density at radius 2 is 1.67 bits per heavy atom. The van der Waals surface area contributed by atoms with Gasteiger partial charge in [-0.25, -0.2) is 4.98 Å². The predicted molar refractivity (Wildman–Crippen MR) is 87.4 cm³/mol. The lowest BCUT2D eigenvalue weighted by Gasteiger charge is -2.07. The summed E-state index contributed by atoms with van der Waals surface area (Å²) in [6, 6.07) is 22.9. The first kappa shape index (κ1) is 12.0. The first-order valence-electron chi connectivity index (χ1n) is 7.05. The molecule has 3 aromatic carbocycles. The Balaban J connectivity index is 1.63. The topological polar surface area (TPSA) is 40.7 Å². The number of nitrogens with one attached hydrogen (secondary N) is 2. The van der Waals surface area contributed by atoms with Crippen LogP contribution < -0.4 is 5.32 Å². The molecule has 0 radical (unpaired) electrons. The number of anilines is 1. The molecule has 0 spiro atoms. The van der Waals surface area contributed by atoms with Crippen LogP contribution in [0.2, 0.25) is 0 Å². The number of hydrogen-bond acceptors (Lipinski definition) is 2. The molecule has 0 fully saturated rings. The quantitative estimate of drug-likeness (QED) is 0.583. The van der Waals surface area contributed by atoms with E-state index in [0.717, 1.165) is 23.5 Å². The average molecular weight is 273 g/mol. The molecule has 0 aliphatic heterocycles. The molecule has 4 aromatic rings. The fourth-order valence-electron chi connectivity index (χ4n) is 2.66. The third-order valence-corrected chi connectivity index (χ3v) is 3.72. The van der Waals surface area contributed by atoms with Gasteiger partial charge < -0.3 is 10.3 Å². The number of para-hydroxylation sites is 2. The van der Waals surface area contributed by atoms with E-state index >= 15 is 0 Å². The number of nitrogens with zero attached hydrogens (tertiary/aromatic N) is 1. The molecule has 1 aromatic heterocycles. The lowest BCUT2D eigenvalue weighted by Crippen LogP contribution is -2.01. The SMILES string of the molecule is c1ccc2c(CNc3nc4ccccc4[nH]3)cccc2c1. The Hall–Kier alpha value is -2.81. The maximum atomic E-state index is 4.54. The van der Waals surface area contributed by atoms with E-state index in [0.29, 0.717) is 0 Å². The third-order valence-electron chi connectivity index (χ3n) is 3.72. The second kappa shape index (κ2) is 4.94. The van der Waals surface area contributed by atoms with Crippen LogP contribution in [0.25, 0.3) is 21.8 Å². The first-order valence-corrected chi connectivity index (χ1v) is 7.05. The van der Waals surface area contributed by atoms with Crippen LogP contribution in [0.15, 0.2) is 66.7 Å². The van der Waals surface area contributed by atoms with Gasteiger partial charge in [0.15, 0.2) is 0 Å². The number of fused-ring (bicyclic) bond motifs is 2. The summed E-state index contributed by atoms with van der Waals surface area (Å²) in [7, 11) is 0. The molecule has 0 saturated heterocycles. The van der Waals surface area contributed by atoms with E-state index < -0.39 is 0 Å². The van der Waals surface area contributed by atoms with E-state index in [1.807, 2.05) is 24.3 Å². The average Bonchev–Trinajstić information content (AvgIpc) is 2.96. The van der Waals surface area contributed by atoms with Crippen LogP contribution in [0.4, 0.5) is 5.95 Å². The fourth-order valence-corrected chi connectivity index (χ4v) is 2.66.